The summed E-state index contributed by atoms with van der Waals surface area (Å²) in [5.41, 5.74) is 4.76. The second-order valence-electron chi connectivity index (χ2n) is 5.46. The van der Waals surface area contributed by atoms with Gasteiger partial charge in [0.05, 0.1) is 5.69 Å². The van der Waals surface area contributed by atoms with Crippen LogP contribution in [0.15, 0.2) is 36.7 Å². The second kappa shape index (κ2) is 6.14. The summed E-state index contributed by atoms with van der Waals surface area (Å²) in [5, 5.41) is 0. The van der Waals surface area contributed by atoms with Gasteiger partial charge in [-0.15, -0.1) is 0 Å². The molecule has 0 bridgehead atoms. The molecule has 0 amide bonds. The second-order valence-corrected chi connectivity index (χ2v) is 5.46. The lowest BCUT2D eigenvalue weighted by Crippen LogP contribution is -2.28. The molecular formula is C17H20N4. The van der Waals surface area contributed by atoms with Crippen molar-refractivity contribution in [3.63, 3.8) is 0 Å². The Morgan fingerprint density at radius 1 is 1.19 bits per heavy atom. The summed E-state index contributed by atoms with van der Waals surface area (Å²) in [6, 6.07) is 6.08. The monoisotopic (exact) mass is 280 g/mol. The summed E-state index contributed by atoms with van der Waals surface area (Å²) in [7, 11) is 0. The summed E-state index contributed by atoms with van der Waals surface area (Å²) in [6.07, 6.45) is 7.14. The van der Waals surface area contributed by atoms with E-state index in [-0.39, 0.29) is 0 Å². The zero-order chi connectivity index (χ0) is 14.7. The maximum Gasteiger partial charge on any atom is 0.125 e. The average molecular weight is 280 g/mol. The molecule has 0 unspecified atom stereocenters. The molecule has 2 aromatic heterocycles. The zero-order valence-corrected chi connectivity index (χ0v) is 12.6. The van der Waals surface area contributed by atoms with Gasteiger partial charge >= 0.3 is 0 Å². The minimum atomic E-state index is 0.840. The summed E-state index contributed by atoms with van der Waals surface area (Å²) in [6.45, 7) is 6.91. The van der Waals surface area contributed by atoms with E-state index in [9.17, 15) is 0 Å². The van der Waals surface area contributed by atoms with Crippen molar-refractivity contribution in [1.29, 1.82) is 0 Å². The predicted molar refractivity (Wildman–Crippen MR) is 83.6 cm³/mol. The van der Waals surface area contributed by atoms with Crippen LogP contribution in [0.1, 0.15) is 29.2 Å². The molecule has 0 N–H and O–H groups in total. The lowest BCUT2D eigenvalue weighted by Gasteiger charge is -2.26. The fraction of sp³-hybridized carbons (Fsp3) is 0.353. The molecular weight excluding hydrogens is 260 g/mol. The molecule has 0 aliphatic carbocycles. The number of aromatic nitrogens is 3. The first-order chi connectivity index (χ1) is 10.2. The molecule has 0 saturated heterocycles. The van der Waals surface area contributed by atoms with Crippen molar-refractivity contribution in [3.8, 4) is 0 Å². The van der Waals surface area contributed by atoms with Crippen LogP contribution in [-0.4, -0.2) is 32.9 Å². The van der Waals surface area contributed by atoms with Crippen molar-refractivity contribution in [2.75, 3.05) is 13.1 Å². The van der Waals surface area contributed by atoms with Gasteiger partial charge in [-0.25, -0.2) is 9.97 Å². The standard InChI is InChI=1S/C17H20N4/c1-13-16(11-19-14(2)20-13)12-21-9-6-15(7-10-21)17-5-3-4-8-18-17/h3-6,8,11H,7,9-10,12H2,1-2H3. The fourth-order valence-corrected chi connectivity index (χ4v) is 2.64. The van der Waals surface area contributed by atoms with Crippen LogP contribution >= 0.6 is 0 Å². The van der Waals surface area contributed by atoms with Crippen LogP contribution in [0, 0.1) is 13.8 Å². The van der Waals surface area contributed by atoms with E-state index in [1.807, 2.05) is 31.5 Å². The first kappa shape index (κ1) is 13.9. The summed E-state index contributed by atoms with van der Waals surface area (Å²) in [4.78, 5) is 15.6. The van der Waals surface area contributed by atoms with Crippen molar-refractivity contribution in [2.45, 2.75) is 26.8 Å². The number of aryl methyl sites for hydroxylation is 2. The van der Waals surface area contributed by atoms with Crippen molar-refractivity contribution in [3.05, 3.63) is 59.4 Å². The summed E-state index contributed by atoms with van der Waals surface area (Å²) < 4.78 is 0. The molecule has 21 heavy (non-hydrogen) atoms. The van der Waals surface area contributed by atoms with Crippen LogP contribution in [0.25, 0.3) is 5.57 Å². The normalized spacial score (nSPS) is 15.8. The molecule has 0 atom stereocenters. The molecule has 4 heteroatoms. The molecule has 2 aromatic rings. The molecule has 0 fully saturated rings. The molecule has 1 aliphatic rings. The van der Waals surface area contributed by atoms with Gasteiger partial charge in [-0.2, -0.15) is 0 Å². The largest absolute Gasteiger partial charge is 0.295 e. The van der Waals surface area contributed by atoms with Gasteiger partial charge < -0.3 is 0 Å². The third-order valence-electron chi connectivity index (χ3n) is 3.88. The Bertz CT molecular complexity index is 649. The SMILES string of the molecule is Cc1ncc(CN2CC=C(c3ccccn3)CC2)c(C)n1. The van der Waals surface area contributed by atoms with E-state index in [0.29, 0.717) is 0 Å². The van der Waals surface area contributed by atoms with E-state index in [4.69, 9.17) is 0 Å². The van der Waals surface area contributed by atoms with Gasteiger partial charge in [-0.3, -0.25) is 9.88 Å². The third kappa shape index (κ3) is 3.34. The molecule has 3 rings (SSSR count). The smallest absolute Gasteiger partial charge is 0.125 e. The Balaban J connectivity index is 1.67. The number of rotatable bonds is 3. The van der Waals surface area contributed by atoms with Gasteiger partial charge in [0, 0.05) is 43.3 Å². The molecule has 3 heterocycles. The number of nitrogens with zero attached hydrogens (tertiary/aromatic N) is 4. The Kier molecular flexibility index (Phi) is 4.06. The quantitative estimate of drug-likeness (QED) is 0.867. The molecule has 4 nitrogen and oxygen atoms in total. The highest BCUT2D eigenvalue weighted by molar-refractivity contribution is 5.63. The maximum atomic E-state index is 4.44. The van der Waals surface area contributed by atoms with Crippen LogP contribution in [0.3, 0.4) is 0 Å². The highest BCUT2D eigenvalue weighted by Gasteiger charge is 2.15. The van der Waals surface area contributed by atoms with Gasteiger partial charge in [-0.1, -0.05) is 12.1 Å². The lowest BCUT2D eigenvalue weighted by molar-refractivity contribution is 0.292. The van der Waals surface area contributed by atoms with E-state index >= 15 is 0 Å². The number of hydrogen-bond acceptors (Lipinski definition) is 4. The first-order valence-corrected chi connectivity index (χ1v) is 7.34. The van der Waals surface area contributed by atoms with E-state index in [1.54, 1.807) is 0 Å². The van der Waals surface area contributed by atoms with Gasteiger partial charge in [0.1, 0.15) is 5.82 Å². The fourth-order valence-electron chi connectivity index (χ4n) is 2.64. The van der Waals surface area contributed by atoms with Crippen LogP contribution in [0.2, 0.25) is 0 Å². The molecule has 1 aliphatic heterocycles. The van der Waals surface area contributed by atoms with Gasteiger partial charge in [0.25, 0.3) is 0 Å². The van der Waals surface area contributed by atoms with E-state index in [1.165, 1.54) is 11.1 Å². The van der Waals surface area contributed by atoms with Crippen LogP contribution < -0.4 is 0 Å². The van der Waals surface area contributed by atoms with Crippen LogP contribution in [0.4, 0.5) is 0 Å². The first-order valence-electron chi connectivity index (χ1n) is 7.34. The van der Waals surface area contributed by atoms with Crippen LogP contribution in [0.5, 0.6) is 0 Å². The predicted octanol–water partition coefficient (Wildman–Crippen LogP) is 2.78. The van der Waals surface area contributed by atoms with Gasteiger partial charge in [0.2, 0.25) is 0 Å². The van der Waals surface area contributed by atoms with Gasteiger partial charge in [-0.05, 0) is 38.0 Å². The highest BCUT2D eigenvalue weighted by Crippen LogP contribution is 2.21. The van der Waals surface area contributed by atoms with Crippen molar-refractivity contribution >= 4 is 5.57 Å². The van der Waals surface area contributed by atoms with E-state index in [2.05, 4.69) is 38.9 Å². The summed E-state index contributed by atoms with van der Waals surface area (Å²) >= 11 is 0. The number of hydrogen-bond donors (Lipinski definition) is 0. The van der Waals surface area contributed by atoms with E-state index in [0.717, 1.165) is 43.3 Å². The topological polar surface area (TPSA) is 41.9 Å². The van der Waals surface area contributed by atoms with Crippen LogP contribution in [-0.2, 0) is 6.54 Å². The molecule has 0 radical (unpaired) electrons. The summed E-state index contributed by atoms with van der Waals surface area (Å²) in [5.74, 6) is 0.840. The Morgan fingerprint density at radius 2 is 2.10 bits per heavy atom. The average Bonchev–Trinajstić information content (AvgIpc) is 2.52. The molecule has 0 aromatic carbocycles. The minimum absolute atomic E-state index is 0.840. The highest BCUT2D eigenvalue weighted by atomic mass is 15.1. The minimum Gasteiger partial charge on any atom is -0.295 e. The van der Waals surface area contributed by atoms with Crippen molar-refractivity contribution in [1.82, 2.24) is 19.9 Å². The van der Waals surface area contributed by atoms with E-state index < -0.39 is 0 Å². The Morgan fingerprint density at radius 3 is 2.76 bits per heavy atom. The lowest BCUT2D eigenvalue weighted by atomic mass is 10.0. The maximum absolute atomic E-state index is 4.44. The molecule has 0 saturated carbocycles. The van der Waals surface area contributed by atoms with Crippen molar-refractivity contribution < 1.29 is 0 Å². The molecule has 108 valence electrons. The molecule has 0 spiro atoms. The Labute approximate surface area is 125 Å². The zero-order valence-electron chi connectivity index (χ0n) is 12.6. The van der Waals surface area contributed by atoms with Crippen molar-refractivity contribution in [2.24, 2.45) is 0 Å². The third-order valence-corrected chi connectivity index (χ3v) is 3.88. The Hall–Kier alpha value is -2.07. The van der Waals surface area contributed by atoms with Gasteiger partial charge in [0.15, 0.2) is 0 Å². The number of pyridine rings is 1.